The van der Waals surface area contributed by atoms with Crippen molar-refractivity contribution in [2.45, 2.75) is 59.5 Å². The summed E-state index contributed by atoms with van der Waals surface area (Å²) in [7, 11) is 1.71. The molecule has 88 valence electrons. The van der Waals surface area contributed by atoms with Crippen LogP contribution in [-0.4, -0.2) is 25.8 Å². The highest BCUT2D eigenvalue weighted by Gasteiger charge is 2.04. The average Bonchev–Trinajstić information content (AvgIpc) is 2.34. The molecule has 0 radical (unpaired) electrons. The van der Waals surface area contributed by atoms with Crippen molar-refractivity contribution < 1.29 is 4.74 Å². The first-order chi connectivity index (χ1) is 6.06. The van der Waals surface area contributed by atoms with Gasteiger partial charge in [-0.3, -0.25) is 0 Å². The normalized spacial score (nSPS) is 17.1. The van der Waals surface area contributed by atoms with E-state index in [1.807, 2.05) is 20.8 Å². The smallest absolute Gasteiger partial charge is 0.0594 e. The first-order valence-electron chi connectivity index (χ1n) is 5.32. The van der Waals surface area contributed by atoms with Crippen LogP contribution in [-0.2, 0) is 4.74 Å². The lowest BCUT2D eigenvalue weighted by Crippen LogP contribution is -2.15. The molecule has 1 N–H and O–H groups in total. The van der Waals surface area contributed by atoms with Crippen molar-refractivity contribution in [2.24, 2.45) is 0 Å². The predicted octanol–water partition coefficient (Wildman–Crippen LogP) is 3.22. The van der Waals surface area contributed by atoms with E-state index in [2.05, 4.69) is 5.32 Å². The number of rotatable bonds is 0. The lowest BCUT2D eigenvalue weighted by atomic mass is 10.2. The van der Waals surface area contributed by atoms with Gasteiger partial charge < -0.3 is 10.1 Å². The number of ether oxygens (including phenoxy) is 1. The van der Waals surface area contributed by atoms with Crippen LogP contribution in [0.1, 0.15) is 53.9 Å². The van der Waals surface area contributed by atoms with Gasteiger partial charge in [0.05, 0.1) is 5.60 Å². The lowest BCUT2D eigenvalue weighted by Gasteiger charge is -2.14. The Kier molecular flexibility index (Phi) is 11.1. The standard InChI is InChI=1S/C6H13N.C5H12O.CH4/c1-2-4-6-7-5-3-1;1-5(2,3)6-4;/h7H,1-6H2;1-4H3;1H4. The molecular formula is C12H29NO. The van der Waals surface area contributed by atoms with Gasteiger partial charge in [0.15, 0.2) is 0 Å². The maximum absolute atomic E-state index is 4.94. The van der Waals surface area contributed by atoms with Crippen LogP contribution in [0.25, 0.3) is 0 Å². The van der Waals surface area contributed by atoms with Gasteiger partial charge in [0, 0.05) is 7.11 Å². The van der Waals surface area contributed by atoms with Gasteiger partial charge in [-0.1, -0.05) is 20.3 Å². The summed E-state index contributed by atoms with van der Waals surface area (Å²) in [5.41, 5.74) is 0.0417. The van der Waals surface area contributed by atoms with Gasteiger partial charge in [0.1, 0.15) is 0 Å². The zero-order chi connectivity index (χ0) is 10.2. The third kappa shape index (κ3) is 14.4. The average molecular weight is 203 g/mol. The van der Waals surface area contributed by atoms with E-state index in [4.69, 9.17) is 4.74 Å². The Hall–Kier alpha value is -0.0800. The summed E-state index contributed by atoms with van der Waals surface area (Å²) in [4.78, 5) is 0. The molecule has 1 aliphatic rings. The molecule has 0 aliphatic carbocycles. The minimum absolute atomic E-state index is 0. The van der Waals surface area contributed by atoms with E-state index >= 15 is 0 Å². The number of hydrogen-bond acceptors (Lipinski definition) is 2. The van der Waals surface area contributed by atoms with E-state index in [9.17, 15) is 0 Å². The fourth-order valence-corrected chi connectivity index (χ4v) is 0.979. The number of hydrogen-bond donors (Lipinski definition) is 1. The van der Waals surface area contributed by atoms with Gasteiger partial charge in [-0.15, -0.1) is 0 Å². The summed E-state index contributed by atoms with van der Waals surface area (Å²) in [5.74, 6) is 0. The lowest BCUT2D eigenvalue weighted by molar-refractivity contribution is 0.0397. The van der Waals surface area contributed by atoms with E-state index in [1.165, 1.54) is 38.8 Å². The van der Waals surface area contributed by atoms with E-state index < -0.39 is 0 Å². The summed E-state index contributed by atoms with van der Waals surface area (Å²) in [6, 6.07) is 0. The zero-order valence-corrected chi connectivity index (χ0v) is 9.65. The third-order valence-electron chi connectivity index (χ3n) is 2.07. The first-order valence-corrected chi connectivity index (χ1v) is 5.32. The monoisotopic (exact) mass is 203 g/mol. The molecular weight excluding hydrogens is 174 g/mol. The summed E-state index contributed by atoms with van der Waals surface area (Å²) in [5, 5.41) is 3.35. The Morgan fingerprint density at radius 3 is 1.57 bits per heavy atom. The molecule has 0 bridgehead atoms. The molecule has 2 heteroatoms. The van der Waals surface area contributed by atoms with Gasteiger partial charge in [-0.2, -0.15) is 0 Å². The Balaban J connectivity index is 0. The van der Waals surface area contributed by atoms with Crippen molar-refractivity contribution in [3.05, 3.63) is 0 Å². The van der Waals surface area contributed by atoms with E-state index in [0.29, 0.717) is 0 Å². The molecule has 0 atom stereocenters. The van der Waals surface area contributed by atoms with Crippen molar-refractivity contribution in [3.8, 4) is 0 Å². The van der Waals surface area contributed by atoms with Gasteiger partial charge in [-0.25, -0.2) is 0 Å². The van der Waals surface area contributed by atoms with E-state index in [-0.39, 0.29) is 13.0 Å². The molecule has 0 aromatic rings. The minimum Gasteiger partial charge on any atom is -0.379 e. The van der Waals surface area contributed by atoms with Crippen molar-refractivity contribution in [1.29, 1.82) is 0 Å². The Labute approximate surface area is 90.4 Å². The van der Waals surface area contributed by atoms with Crippen molar-refractivity contribution >= 4 is 0 Å². The highest BCUT2D eigenvalue weighted by molar-refractivity contribution is 4.55. The molecule has 0 aromatic heterocycles. The second-order valence-corrected chi connectivity index (χ2v) is 4.48. The molecule has 0 unspecified atom stereocenters. The Morgan fingerprint density at radius 2 is 1.29 bits per heavy atom. The molecule has 0 saturated carbocycles. The second kappa shape index (κ2) is 9.47. The molecule has 0 spiro atoms. The molecule has 1 heterocycles. The predicted molar refractivity (Wildman–Crippen MR) is 64.8 cm³/mol. The fourth-order valence-electron chi connectivity index (χ4n) is 0.979. The van der Waals surface area contributed by atoms with Crippen molar-refractivity contribution in [3.63, 3.8) is 0 Å². The van der Waals surface area contributed by atoms with Crippen LogP contribution in [0.2, 0.25) is 0 Å². The molecule has 1 fully saturated rings. The highest BCUT2D eigenvalue weighted by Crippen LogP contribution is 2.02. The van der Waals surface area contributed by atoms with Gasteiger partial charge in [0.25, 0.3) is 0 Å². The Bertz CT molecular complexity index is 87.7. The summed E-state index contributed by atoms with van der Waals surface area (Å²) in [6.45, 7) is 8.56. The van der Waals surface area contributed by atoms with Crippen LogP contribution in [0.15, 0.2) is 0 Å². The molecule has 1 rings (SSSR count). The topological polar surface area (TPSA) is 21.3 Å². The van der Waals surface area contributed by atoms with Crippen LogP contribution < -0.4 is 5.32 Å². The quantitative estimate of drug-likeness (QED) is 0.652. The van der Waals surface area contributed by atoms with Crippen molar-refractivity contribution in [2.75, 3.05) is 20.2 Å². The maximum atomic E-state index is 4.94. The Morgan fingerprint density at radius 1 is 0.929 bits per heavy atom. The van der Waals surface area contributed by atoms with Gasteiger partial charge >= 0.3 is 0 Å². The SMILES string of the molecule is C.C1CCCNCC1.COC(C)(C)C. The molecule has 0 amide bonds. The van der Waals surface area contributed by atoms with Gasteiger partial charge in [0.2, 0.25) is 0 Å². The summed E-state index contributed by atoms with van der Waals surface area (Å²) < 4.78 is 4.94. The van der Waals surface area contributed by atoms with Crippen LogP contribution in [0, 0.1) is 0 Å². The summed E-state index contributed by atoms with van der Waals surface area (Å²) >= 11 is 0. The van der Waals surface area contributed by atoms with Crippen LogP contribution in [0.4, 0.5) is 0 Å². The number of methoxy groups -OCH3 is 1. The van der Waals surface area contributed by atoms with Crippen molar-refractivity contribution in [1.82, 2.24) is 5.32 Å². The molecule has 1 aliphatic heterocycles. The minimum atomic E-state index is 0. The fraction of sp³-hybridized carbons (Fsp3) is 1.00. The van der Waals surface area contributed by atoms with Gasteiger partial charge in [-0.05, 0) is 46.7 Å². The second-order valence-electron chi connectivity index (χ2n) is 4.48. The van der Waals surface area contributed by atoms with Crippen LogP contribution in [0.5, 0.6) is 0 Å². The van der Waals surface area contributed by atoms with E-state index in [0.717, 1.165) is 0 Å². The van der Waals surface area contributed by atoms with Crippen LogP contribution >= 0.6 is 0 Å². The highest BCUT2D eigenvalue weighted by atomic mass is 16.5. The largest absolute Gasteiger partial charge is 0.379 e. The maximum Gasteiger partial charge on any atom is 0.0594 e. The van der Waals surface area contributed by atoms with E-state index in [1.54, 1.807) is 7.11 Å². The molecule has 0 aromatic carbocycles. The molecule has 14 heavy (non-hydrogen) atoms. The first kappa shape index (κ1) is 16.4. The zero-order valence-electron chi connectivity index (χ0n) is 9.65. The van der Waals surface area contributed by atoms with Crippen LogP contribution in [0.3, 0.4) is 0 Å². The molecule has 1 saturated heterocycles. The summed E-state index contributed by atoms with van der Waals surface area (Å²) in [6.07, 6.45) is 5.65. The third-order valence-corrected chi connectivity index (χ3v) is 2.07. The number of nitrogens with one attached hydrogen (secondary N) is 1. The molecule has 2 nitrogen and oxygen atoms in total.